The van der Waals surface area contributed by atoms with Crippen LogP contribution >= 0.6 is 0 Å². The quantitative estimate of drug-likeness (QED) is 0.560. The number of carbonyl (C=O) groups is 1. The van der Waals surface area contributed by atoms with E-state index in [0.717, 1.165) is 0 Å². The van der Waals surface area contributed by atoms with Crippen LogP contribution in [0, 0.1) is 0 Å². The molecule has 5 nitrogen and oxygen atoms in total. The Morgan fingerprint density at radius 3 is 2.69 bits per heavy atom. The molecular formula is C11H14N2O3. The highest BCUT2D eigenvalue weighted by molar-refractivity contribution is 5.93. The lowest BCUT2D eigenvalue weighted by Crippen LogP contribution is -2.10. The highest BCUT2D eigenvalue weighted by Gasteiger charge is 2.16. The predicted molar refractivity (Wildman–Crippen MR) is 58.6 cm³/mol. The second kappa shape index (κ2) is 5.85. The zero-order valence-corrected chi connectivity index (χ0v) is 9.40. The molecule has 0 bridgehead atoms. The first-order valence-corrected chi connectivity index (χ1v) is 4.99. The molecule has 0 unspecified atom stereocenters. The smallest absolute Gasteiger partial charge is 0.342 e. The number of nitrogens with zero attached hydrogens (tertiary/aromatic N) is 2. The largest absolute Gasteiger partial charge is 0.492 e. The van der Waals surface area contributed by atoms with Crippen molar-refractivity contribution in [1.29, 1.82) is 0 Å². The maximum absolute atomic E-state index is 11.6. The molecule has 0 fully saturated rings. The molecule has 16 heavy (non-hydrogen) atoms. The molecule has 0 spiro atoms. The molecule has 1 rings (SSSR count). The fraction of sp³-hybridized carbons (Fsp3) is 0.364. The minimum Gasteiger partial charge on any atom is -0.492 e. The number of ether oxygens (including phenoxy) is 2. The molecule has 86 valence electrons. The van der Waals surface area contributed by atoms with Crippen molar-refractivity contribution in [2.75, 3.05) is 13.2 Å². The van der Waals surface area contributed by atoms with Crippen molar-refractivity contribution in [3.63, 3.8) is 0 Å². The van der Waals surface area contributed by atoms with Crippen LogP contribution in [-0.2, 0) is 9.47 Å². The van der Waals surface area contributed by atoms with E-state index in [1.54, 1.807) is 6.92 Å². The van der Waals surface area contributed by atoms with Crippen LogP contribution in [0.25, 0.3) is 5.76 Å². The zero-order valence-electron chi connectivity index (χ0n) is 9.40. The van der Waals surface area contributed by atoms with E-state index in [9.17, 15) is 4.79 Å². The maximum atomic E-state index is 11.6. The molecule has 0 saturated carbocycles. The fourth-order valence-corrected chi connectivity index (χ4v) is 1.15. The summed E-state index contributed by atoms with van der Waals surface area (Å²) in [6.07, 6.45) is 2.73. The van der Waals surface area contributed by atoms with Crippen LogP contribution in [0.2, 0.25) is 0 Å². The van der Waals surface area contributed by atoms with Gasteiger partial charge in [-0.2, -0.15) is 0 Å². The summed E-state index contributed by atoms with van der Waals surface area (Å²) in [6.45, 7) is 8.03. The molecular weight excluding hydrogens is 208 g/mol. The van der Waals surface area contributed by atoms with E-state index in [4.69, 9.17) is 9.47 Å². The van der Waals surface area contributed by atoms with Crippen molar-refractivity contribution in [3.05, 3.63) is 30.4 Å². The first-order valence-electron chi connectivity index (χ1n) is 4.99. The standard InChI is InChI=1S/C11H14N2O3/c1-4-15-8(3)10-9(6-12-7-13-10)11(14)16-5-2/h6-7H,3-5H2,1-2H3. The van der Waals surface area contributed by atoms with Gasteiger partial charge in [0.2, 0.25) is 0 Å². The first-order chi connectivity index (χ1) is 7.70. The highest BCUT2D eigenvalue weighted by atomic mass is 16.5. The van der Waals surface area contributed by atoms with Crippen LogP contribution in [0.4, 0.5) is 0 Å². The highest BCUT2D eigenvalue weighted by Crippen LogP contribution is 2.15. The van der Waals surface area contributed by atoms with E-state index in [1.807, 2.05) is 6.92 Å². The summed E-state index contributed by atoms with van der Waals surface area (Å²) < 4.78 is 10.1. The Labute approximate surface area is 94.1 Å². The molecule has 5 heteroatoms. The van der Waals surface area contributed by atoms with E-state index in [0.29, 0.717) is 24.7 Å². The Morgan fingerprint density at radius 2 is 2.06 bits per heavy atom. The van der Waals surface area contributed by atoms with Gasteiger partial charge in [-0.05, 0) is 13.8 Å². The van der Waals surface area contributed by atoms with Crippen molar-refractivity contribution in [2.45, 2.75) is 13.8 Å². The number of aromatic nitrogens is 2. The number of hydrogen-bond donors (Lipinski definition) is 0. The molecule has 0 N–H and O–H groups in total. The molecule has 0 aromatic carbocycles. The van der Waals surface area contributed by atoms with Gasteiger partial charge in [-0.15, -0.1) is 0 Å². The summed E-state index contributed by atoms with van der Waals surface area (Å²) in [4.78, 5) is 19.3. The Bertz CT molecular complexity index is 354. The van der Waals surface area contributed by atoms with Crippen LogP contribution in [-0.4, -0.2) is 29.2 Å². The van der Waals surface area contributed by atoms with E-state index in [1.165, 1.54) is 12.5 Å². The van der Waals surface area contributed by atoms with Gasteiger partial charge in [0.15, 0.2) is 0 Å². The molecule has 1 heterocycles. The Morgan fingerprint density at radius 1 is 1.38 bits per heavy atom. The Kier molecular flexibility index (Phi) is 4.44. The van der Waals surface area contributed by atoms with Crippen LogP contribution in [0.15, 0.2) is 19.1 Å². The fourth-order valence-electron chi connectivity index (χ4n) is 1.15. The molecule has 0 aliphatic carbocycles. The van der Waals surface area contributed by atoms with Crippen LogP contribution in [0.1, 0.15) is 29.9 Å². The van der Waals surface area contributed by atoms with Crippen molar-refractivity contribution in [2.24, 2.45) is 0 Å². The van der Waals surface area contributed by atoms with E-state index < -0.39 is 5.97 Å². The molecule has 0 atom stereocenters. The van der Waals surface area contributed by atoms with Gasteiger partial charge in [0.25, 0.3) is 0 Å². The van der Waals surface area contributed by atoms with Gasteiger partial charge in [-0.3, -0.25) is 0 Å². The number of carbonyl (C=O) groups excluding carboxylic acids is 1. The van der Waals surface area contributed by atoms with Gasteiger partial charge >= 0.3 is 5.97 Å². The molecule has 0 aliphatic heterocycles. The Hall–Kier alpha value is -1.91. The minimum absolute atomic E-state index is 0.266. The summed E-state index contributed by atoms with van der Waals surface area (Å²) in [6, 6.07) is 0. The third kappa shape index (κ3) is 2.79. The molecule has 1 aromatic rings. The SMILES string of the molecule is C=C(OCC)c1ncncc1C(=O)OCC. The van der Waals surface area contributed by atoms with Crippen molar-refractivity contribution >= 4 is 11.7 Å². The molecule has 1 aromatic heterocycles. The number of esters is 1. The lowest BCUT2D eigenvalue weighted by Gasteiger charge is -2.09. The summed E-state index contributed by atoms with van der Waals surface area (Å²) in [5.41, 5.74) is 0.637. The van der Waals surface area contributed by atoms with Crippen molar-refractivity contribution in [3.8, 4) is 0 Å². The van der Waals surface area contributed by atoms with Gasteiger partial charge in [-0.1, -0.05) is 6.58 Å². The minimum atomic E-state index is -0.473. The second-order valence-electron chi connectivity index (χ2n) is 2.86. The van der Waals surface area contributed by atoms with Crippen LogP contribution in [0.5, 0.6) is 0 Å². The number of rotatable bonds is 5. The lowest BCUT2D eigenvalue weighted by molar-refractivity contribution is 0.0524. The zero-order chi connectivity index (χ0) is 12.0. The third-order valence-electron chi connectivity index (χ3n) is 1.79. The average Bonchev–Trinajstić information content (AvgIpc) is 2.30. The topological polar surface area (TPSA) is 61.3 Å². The van der Waals surface area contributed by atoms with E-state index in [2.05, 4.69) is 16.5 Å². The van der Waals surface area contributed by atoms with Crippen molar-refractivity contribution in [1.82, 2.24) is 9.97 Å². The first kappa shape index (κ1) is 12.2. The van der Waals surface area contributed by atoms with Crippen molar-refractivity contribution < 1.29 is 14.3 Å². The van der Waals surface area contributed by atoms with Crippen LogP contribution < -0.4 is 0 Å². The van der Waals surface area contributed by atoms with E-state index in [-0.39, 0.29) is 5.56 Å². The van der Waals surface area contributed by atoms with Gasteiger partial charge in [-0.25, -0.2) is 14.8 Å². The maximum Gasteiger partial charge on any atom is 0.342 e. The van der Waals surface area contributed by atoms with Crippen LogP contribution in [0.3, 0.4) is 0 Å². The molecule has 0 saturated heterocycles. The third-order valence-corrected chi connectivity index (χ3v) is 1.79. The van der Waals surface area contributed by atoms with Gasteiger partial charge < -0.3 is 9.47 Å². The molecule has 0 aliphatic rings. The summed E-state index contributed by atoms with van der Waals surface area (Å²) in [5, 5.41) is 0. The van der Waals surface area contributed by atoms with Gasteiger partial charge in [0.1, 0.15) is 23.3 Å². The average molecular weight is 222 g/mol. The summed E-state index contributed by atoms with van der Waals surface area (Å²) >= 11 is 0. The number of hydrogen-bond acceptors (Lipinski definition) is 5. The summed E-state index contributed by atoms with van der Waals surface area (Å²) in [7, 11) is 0. The van der Waals surface area contributed by atoms with Gasteiger partial charge in [0.05, 0.1) is 13.2 Å². The molecule has 0 amide bonds. The predicted octanol–water partition coefficient (Wildman–Crippen LogP) is 1.66. The Balaban J connectivity index is 3.00. The normalized spacial score (nSPS) is 9.62. The lowest BCUT2D eigenvalue weighted by atomic mass is 10.2. The summed E-state index contributed by atoms with van der Waals surface area (Å²) in [5.74, 6) is -0.132. The van der Waals surface area contributed by atoms with Gasteiger partial charge in [0, 0.05) is 6.20 Å². The molecule has 0 radical (unpaired) electrons. The second-order valence-corrected chi connectivity index (χ2v) is 2.86. The monoisotopic (exact) mass is 222 g/mol. The van der Waals surface area contributed by atoms with E-state index >= 15 is 0 Å².